The minimum absolute atomic E-state index is 0.0647. The molecule has 37 heavy (non-hydrogen) atoms. The van der Waals surface area contributed by atoms with Crippen LogP contribution in [-0.2, 0) is 0 Å². The van der Waals surface area contributed by atoms with Crippen LogP contribution in [0.1, 0.15) is 34.8 Å². The van der Waals surface area contributed by atoms with Gasteiger partial charge in [-0.1, -0.05) is 42.5 Å². The summed E-state index contributed by atoms with van der Waals surface area (Å²) in [5.74, 6) is 0.0720. The van der Waals surface area contributed by atoms with Crippen LogP contribution in [0.3, 0.4) is 0 Å². The number of benzene rings is 2. The van der Waals surface area contributed by atoms with Crippen molar-refractivity contribution in [3.8, 4) is 17.1 Å². The van der Waals surface area contributed by atoms with E-state index < -0.39 is 5.91 Å². The highest BCUT2D eigenvalue weighted by atomic mass is 16.5. The molecule has 10 heteroatoms. The molecule has 0 saturated carbocycles. The quantitative estimate of drug-likeness (QED) is 0.292. The number of primary amides is 1. The Bertz CT molecular complexity index is 1400. The van der Waals surface area contributed by atoms with Gasteiger partial charge in [0.15, 0.2) is 5.82 Å². The highest BCUT2D eigenvalue weighted by Gasteiger charge is 2.30. The maximum Gasteiger partial charge on any atom is 0.322 e. The molecule has 2 aromatic carbocycles. The number of rotatable bonds is 7. The van der Waals surface area contributed by atoms with Crippen LogP contribution in [-0.4, -0.2) is 45.7 Å². The zero-order valence-corrected chi connectivity index (χ0v) is 20.3. The van der Waals surface area contributed by atoms with Gasteiger partial charge in [0.05, 0.1) is 18.8 Å². The lowest BCUT2D eigenvalue weighted by molar-refractivity contribution is 0.100. The van der Waals surface area contributed by atoms with Crippen LogP contribution < -0.4 is 21.1 Å². The number of methoxy groups -OCH3 is 1. The predicted octanol–water partition coefficient (Wildman–Crippen LogP) is 4.69. The predicted molar refractivity (Wildman–Crippen MR) is 141 cm³/mol. The molecule has 2 aromatic heterocycles. The number of likely N-dealkylation sites (tertiary alicyclic amines) is 1. The number of hydrogen-bond acceptors (Lipinski definition) is 6. The summed E-state index contributed by atoms with van der Waals surface area (Å²) >= 11 is 0. The molecule has 4 aromatic rings. The number of urea groups is 1. The molecule has 3 amide bonds. The topological polar surface area (TPSA) is 138 Å². The molecular formula is C27H27N7O3. The van der Waals surface area contributed by atoms with Gasteiger partial charge in [-0.2, -0.15) is 5.10 Å². The van der Waals surface area contributed by atoms with Crippen LogP contribution in [0.4, 0.5) is 22.0 Å². The van der Waals surface area contributed by atoms with Crippen molar-refractivity contribution in [3.63, 3.8) is 0 Å². The molecule has 3 heterocycles. The third-order valence-electron chi connectivity index (χ3n) is 6.34. The van der Waals surface area contributed by atoms with E-state index in [1.807, 2.05) is 23.1 Å². The maximum atomic E-state index is 13.0. The molecule has 1 aliphatic rings. The second-order valence-corrected chi connectivity index (χ2v) is 8.67. The zero-order chi connectivity index (χ0) is 25.8. The number of nitrogens with one attached hydrogen (secondary N) is 3. The number of pyridine rings is 1. The second-order valence-electron chi connectivity index (χ2n) is 8.67. The van der Waals surface area contributed by atoms with Gasteiger partial charge in [0, 0.05) is 35.7 Å². The number of nitrogens with two attached hydrogens (primary N) is 1. The number of anilines is 3. The number of carbonyl (C=O) groups is 2. The fourth-order valence-corrected chi connectivity index (χ4v) is 4.56. The Kier molecular flexibility index (Phi) is 6.71. The first kappa shape index (κ1) is 23.9. The number of ether oxygens (including phenoxy) is 1. The standard InChI is InChI=1S/C27H27N7O3/c1-37-22-16-20(13-14-29-22)30-26-23(25(28)35)24(32-33-26)18-9-11-19(12-10-18)31-27(36)34-15-5-8-21(34)17-6-3-2-4-7-17/h2-4,6-7,9-14,16,21H,5,8,15H2,1H3,(H2,28,35)(H,31,36)(H2,29,30,32,33)/t21-/m1/s1. The molecule has 0 bridgehead atoms. The van der Waals surface area contributed by atoms with Crippen LogP contribution in [0.5, 0.6) is 5.88 Å². The van der Waals surface area contributed by atoms with Gasteiger partial charge in [-0.05, 0) is 36.6 Å². The van der Waals surface area contributed by atoms with Crippen LogP contribution in [0, 0.1) is 0 Å². The Hall–Kier alpha value is -4.86. The number of amides is 3. The summed E-state index contributed by atoms with van der Waals surface area (Å²) in [6, 6.07) is 20.6. The van der Waals surface area contributed by atoms with E-state index in [4.69, 9.17) is 10.5 Å². The number of carbonyl (C=O) groups excluding carboxylic acids is 2. The van der Waals surface area contributed by atoms with Crippen LogP contribution in [0.15, 0.2) is 72.9 Å². The third-order valence-corrected chi connectivity index (χ3v) is 6.34. The molecule has 10 nitrogen and oxygen atoms in total. The molecule has 5 rings (SSSR count). The second kappa shape index (κ2) is 10.4. The molecule has 0 unspecified atom stereocenters. The molecule has 0 aliphatic carbocycles. The summed E-state index contributed by atoms with van der Waals surface area (Å²) in [5.41, 5.74) is 9.51. The lowest BCUT2D eigenvalue weighted by Gasteiger charge is -2.25. The summed E-state index contributed by atoms with van der Waals surface area (Å²) in [6.07, 6.45) is 3.48. The fourth-order valence-electron chi connectivity index (χ4n) is 4.56. The third kappa shape index (κ3) is 5.08. The number of hydrogen-bond donors (Lipinski definition) is 4. The van der Waals surface area contributed by atoms with Gasteiger partial charge in [-0.15, -0.1) is 0 Å². The van der Waals surface area contributed by atoms with E-state index >= 15 is 0 Å². The van der Waals surface area contributed by atoms with E-state index in [-0.39, 0.29) is 23.5 Å². The van der Waals surface area contributed by atoms with Gasteiger partial charge in [0.1, 0.15) is 5.56 Å². The van der Waals surface area contributed by atoms with Gasteiger partial charge < -0.3 is 26.0 Å². The van der Waals surface area contributed by atoms with Crippen molar-refractivity contribution in [1.29, 1.82) is 0 Å². The maximum absolute atomic E-state index is 13.0. The average Bonchev–Trinajstić information content (AvgIpc) is 3.58. The van der Waals surface area contributed by atoms with Gasteiger partial charge in [-0.25, -0.2) is 9.78 Å². The smallest absolute Gasteiger partial charge is 0.322 e. The summed E-state index contributed by atoms with van der Waals surface area (Å²) in [5, 5.41) is 13.2. The molecule has 1 aliphatic heterocycles. The SMILES string of the molecule is COc1cc(Nc2n[nH]c(-c3ccc(NC(=O)N4CCC[C@@H]4c4ccccc4)cc3)c2C(N)=O)ccn1. The van der Waals surface area contributed by atoms with Crippen molar-refractivity contribution >= 4 is 29.1 Å². The Morgan fingerprint density at radius 1 is 1.08 bits per heavy atom. The van der Waals surface area contributed by atoms with Gasteiger partial charge in [-0.3, -0.25) is 9.89 Å². The molecule has 1 fully saturated rings. The van der Waals surface area contributed by atoms with Crippen LogP contribution in [0.25, 0.3) is 11.3 Å². The Balaban J connectivity index is 1.32. The minimum atomic E-state index is -0.634. The zero-order valence-electron chi connectivity index (χ0n) is 20.3. The summed E-state index contributed by atoms with van der Waals surface area (Å²) in [4.78, 5) is 31.3. The van der Waals surface area contributed by atoms with Crippen molar-refractivity contribution in [2.75, 3.05) is 24.3 Å². The van der Waals surface area contributed by atoms with Crippen molar-refractivity contribution in [3.05, 3.63) is 84.1 Å². The highest BCUT2D eigenvalue weighted by molar-refractivity contribution is 6.04. The summed E-state index contributed by atoms with van der Waals surface area (Å²) in [6.45, 7) is 0.707. The van der Waals surface area contributed by atoms with Crippen LogP contribution in [0.2, 0.25) is 0 Å². The number of aromatic amines is 1. The van der Waals surface area contributed by atoms with E-state index in [1.54, 1.807) is 42.6 Å². The lowest BCUT2D eigenvalue weighted by atomic mass is 10.1. The van der Waals surface area contributed by atoms with E-state index in [9.17, 15) is 9.59 Å². The van der Waals surface area contributed by atoms with Gasteiger partial charge in [0.25, 0.3) is 5.91 Å². The molecule has 1 saturated heterocycles. The summed E-state index contributed by atoms with van der Waals surface area (Å²) in [7, 11) is 1.52. The lowest BCUT2D eigenvalue weighted by Crippen LogP contribution is -2.34. The molecular weight excluding hydrogens is 470 g/mol. The number of nitrogens with zero attached hydrogens (tertiary/aromatic N) is 3. The van der Waals surface area contributed by atoms with Crippen molar-refractivity contribution in [1.82, 2.24) is 20.1 Å². The Labute approximate surface area is 213 Å². The van der Waals surface area contributed by atoms with E-state index in [0.717, 1.165) is 18.4 Å². The Morgan fingerprint density at radius 2 is 1.86 bits per heavy atom. The van der Waals surface area contributed by atoms with Crippen molar-refractivity contribution < 1.29 is 14.3 Å². The minimum Gasteiger partial charge on any atom is -0.481 e. The van der Waals surface area contributed by atoms with Gasteiger partial charge >= 0.3 is 6.03 Å². The monoisotopic (exact) mass is 497 g/mol. The van der Waals surface area contributed by atoms with Crippen LogP contribution >= 0.6 is 0 Å². The average molecular weight is 498 g/mol. The van der Waals surface area contributed by atoms with E-state index in [2.05, 4.69) is 37.9 Å². The first-order valence-corrected chi connectivity index (χ1v) is 11.9. The normalized spacial score (nSPS) is 14.8. The first-order valence-electron chi connectivity index (χ1n) is 11.9. The Morgan fingerprint density at radius 3 is 2.59 bits per heavy atom. The van der Waals surface area contributed by atoms with Gasteiger partial charge in [0.2, 0.25) is 5.88 Å². The highest BCUT2D eigenvalue weighted by Crippen LogP contribution is 2.33. The van der Waals surface area contributed by atoms with E-state index in [1.165, 1.54) is 7.11 Å². The first-order chi connectivity index (χ1) is 18.0. The van der Waals surface area contributed by atoms with E-state index in [0.29, 0.717) is 35.1 Å². The number of aromatic nitrogens is 3. The molecule has 0 spiro atoms. The van der Waals surface area contributed by atoms with Crippen molar-refractivity contribution in [2.45, 2.75) is 18.9 Å². The molecule has 188 valence electrons. The molecule has 0 radical (unpaired) electrons. The molecule has 1 atom stereocenters. The fraction of sp³-hybridized carbons (Fsp3) is 0.185. The summed E-state index contributed by atoms with van der Waals surface area (Å²) < 4.78 is 5.14. The largest absolute Gasteiger partial charge is 0.481 e. The number of H-pyrrole nitrogens is 1. The molecule has 5 N–H and O–H groups in total. The van der Waals surface area contributed by atoms with Crippen molar-refractivity contribution in [2.24, 2.45) is 5.73 Å².